The summed E-state index contributed by atoms with van der Waals surface area (Å²) in [7, 11) is 0. The van der Waals surface area contributed by atoms with E-state index in [0.717, 1.165) is 23.1 Å². The van der Waals surface area contributed by atoms with Crippen LogP contribution >= 0.6 is 27.5 Å². The zero-order chi connectivity index (χ0) is 11.3. The molecule has 4 heteroatoms. The van der Waals surface area contributed by atoms with Crippen LogP contribution in [0.4, 0.5) is 0 Å². The van der Waals surface area contributed by atoms with Gasteiger partial charge in [0.15, 0.2) is 0 Å². The smallest absolute Gasteiger partial charge is 0.0659 e. The minimum absolute atomic E-state index is 0.108. The molecular formula is C11H15BrClNO. The van der Waals surface area contributed by atoms with Crippen LogP contribution in [0.15, 0.2) is 22.7 Å². The molecule has 0 saturated heterocycles. The summed E-state index contributed by atoms with van der Waals surface area (Å²) in [5.41, 5.74) is 7.01. The lowest BCUT2D eigenvalue weighted by Gasteiger charge is -2.14. The van der Waals surface area contributed by atoms with Gasteiger partial charge in [0.25, 0.3) is 0 Å². The number of halogens is 2. The second-order valence-corrected chi connectivity index (χ2v) is 4.64. The fourth-order valence-electron chi connectivity index (χ4n) is 1.25. The molecule has 0 aliphatic carbocycles. The highest BCUT2D eigenvalue weighted by Gasteiger charge is 2.09. The number of ether oxygens (including phenoxy) is 1. The highest BCUT2D eigenvalue weighted by Crippen LogP contribution is 2.25. The van der Waals surface area contributed by atoms with Gasteiger partial charge in [0.05, 0.1) is 12.6 Å². The zero-order valence-corrected chi connectivity index (χ0v) is 11.0. The first-order valence-electron chi connectivity index (χ1n) is 4.93. The third-order valence-electron chi connectivity index (χ3n) is 2.01. The van der Waals surface area contributed by atoms with Crippen LogP contribution in [-0.2, 0) is 4.74 Å². The Kier molecular flexibility index (Phi) is 5.61. The summed E-state index contributed by atoms with van der Waals surface area (Å²) in [5, 5.41) is 0.701. The minimum atomic E-state index is -0.108. The maximum atomic E-state index is 5.99. The van der Waals surface area contributed by atoms with Crippen molar-refractivity contribution < 1.29 is 4.74 Å². The molecule has 0 aliphatic heterocycles. The van der Waals surface area contributed by atoms with Crippen molar-refractivity contribution in [2.75, 3.05) is 13.2 Å². The fraction of sp³-hybridized carbons (Fsp3) is 0.455. The number of hydrogen-bond donors (Lipinski definition) is 1. The summed E-state index contributed by atoms with van der Waals surface area (Å²) in [6, 6.07) is 5.49. The van der Waals surface area contributed by atoms with Gasteiger partial charge in [-0.15, -0.1) is 0 Å². The van der Waals surface area contributed by atoms with Gasteiger partial charge in [-0.2, -0.15) is 0 Å². The summed E-state index contributed by atoms with van der Waals surface area (Å²) < 4.78 is 6.34. The highest BCUT2D eigenvalue weighted by molar-refractivity contribution is 9.10. The molecule has 1 atom stereocenters. The Balaban J connectivity index is 2.61. The predicted octanol–water partition coefficient (Wildman–Crippen LogP) is 3.53. The molecule has 0 radical (unpaired) electrons. The fourth-order valence-corrected chi connectivity index (χ4v) is 2.22. The zero-order valence-electron chi connectivity index (χ0n) is 8.67. The monoisotopic (exact) mass is 291 g/mol. The topological polar surface area (TPSA) is 35.2 Å². The lowest BCUT2D eigenvalue weighted by atomic mass is 10.1. The van der Waals surface area contributed by atoms with Crippen LogP contribution in [0.25, 0.3) is 0 Å². The second kappa shape index (κ2) is 6.48. The summed E-state index contributed by atoms with van der Waals surface area (Å²) in [6.07, 6.45) is 1.01. The van der Waals surface area contributed by atoms with Crippen LogP contribution in [0.3, 0.4) is 0 Å². The first-order chi connectivity index (χ1) is 7.15. The van der Waals surface area contributed by atoms with Crippen LogP contribution in [0, 0.1) is 0 Å². The Labute approximate surface area is 104 Å². The molecular weight excluding hydrogens is 277 g/mol. The maximum absolute atomic E-state index is 5.99. The quantitative estimate of drug-likeness (QED) is 0.843. The number of hydrogen-bond acceptors (Lipinski definition) is 2. The van der Waals surface area contributed by atoms with Gasteiger partial charge in [0, 0.05) is 16.1 Å². The first kappa shape index (κ1) is 13.0. The number of rotatable bonds is 5. The predicted molar refractivity (Wildman–Crippen MR) is 67.2 cm³/mol. The van der Waals surface area contributed by atoms with Gasteiger partial charge in [0.1, 0.15) is 0 Å². The largest absolute Gasteiger partial charge is 0.379 e. The molecule has 0 fully saturated rings. The summed E-state index contributed by atoms with van der Waals surface area (Å²) in [5.74, 6) is 0. The average molecular weight is 293 g/mol. The van der Waals surface area contributed by atoms with Gasteiger partial charge in [-0.25, -0.2) is 0 Å². The van der Waals surface area contributed by atoms with Gasteiger partial charge in [-0.3, -0.25) is 0 Å². The van der Waals surface area contributed by atoms with Crippen LogP contribution in [0.2, 0.25) is 5.02 Å². The summed E-state index contributed by atoms with van der Waals surface area (Å²) in [4.78, 5) is 0. The van der Waals surface area contributed by atoms with Crippen LogP contribution in [0.5, 0.6) is 0 Å². The summed E-state index contributed by atoms with van der Waals surface area (Å²) >= 11 is 9.28. The average Bonchev–Trinajstić information content (AvgIpc) is 2.17. The van der Waals surface area contributed by atoms with Crippen molar-refractivity contribution in [2.24, 2.45) is 5.73 Å². The highest BCUT2D eigenvalue weighted by atomic mass is 79.9. The Morgan fingerprint density at radius 2 is 2.27 bits per heavy atom. The molecule has 1 unspecified atom stereocenters. The van der Waals surface area contributed by atoms with E-state index in [0.29, 0.717) is 11.6 Å². The molecule has 0 spiro atoms. The molecule has 0 amide bonds. The van der Waals surface area contributed by atoms with Gasteiger partial charge in [-0.1, -0.05) is 40.5 Å². The van der Waals surface area contributed by atoms with E-state index in [-0.39, 0.29) is 6.04 Å². The minimum Gasteiger partial charge on any atom is -0.379 e. The van der Waals surface area contributed by atoms with Gasteiger partial charge >= 0.3 is 0 Å². The van der Waals surface area contributed by atoms with Crippen molar-refractivity contribution in [3.05, 3.63) is 33.3 Å². The van der Waals surface area contributed by atoms with E-state index in [1.165, 1.54) is 0 Å². The molecule has 15 heavy (non-hydrogen) atoms. The van der Waals surface area contributed by atoms with E-state index in [9.17, 15) is 0 Å². The van der Waals surface area contributed by atoms with Crippen molar-refractivity contribution in [3.8, 4) is 0 Å². The molecule has 1 aromatic rings. The van der Waals surface area contributed by atoms with E-state index >= 15 is 0 Å². The molecule has 84 valence electrons. The maximum Gasteiger partial charge on any atom is 0.0659 e. The molecule has 1 rings (SSSR count). The molecule has 0 aliphatic rings. The van der Waals surface area contributed by atoms with Crippen LogP contribution < -0.4 is 5.73 Å². The van der Waals surface area contributed by atoms with Crippen LogP contribution in [0.1, 0.15) is 24.9 Å². The van der Waals surface area contributed by atoms with Crippen molar-refractivity contribution in [2.45, 2.75) is 19.4 Å². The van der Waals surface area contributed by atoms with Gasteiger partial charge in [-0.05, 0) is 24.1 Å². The van der Waals surface area contributed by atoms with E-state index in [1.54, 1.807) is 0 Å². The lowest BCUT2D eigenvalue weighted by Crippen LogP contribution is -2.17. The Hall–Kier alpha value is -0.0900. The second-order valence-electron chi connectivity index (χ2n) is 3.35. The number of benzene rings is 1. The van der Waals surface area contributed by atoms with Gasteiger partial charge < -0.3 is 10.5 Å². The standard InChI is InChI=1S/C11H15BrClNO/c1-2-5-15-7-11(14)9-4-3-8(13)6-10(9)12/h3-4,6,11H,2,5,7,14H2,1H3. The van der Waals surface area contributed by atoms with E-state index in [2.05, 4.69) is 22.9 Å². The summed E-state index contributed by atoms with van der Waals surface area (Å²) in [6.45, 7) is 3.36. The number of nitrogens with two attached hydrogens (primary N) is 1. The van der Waals surface area contributed by atoms with E-state index in [4.69, 9.17) is 22.1 Å². The Bertz CT molecular complexity index is 319. The molecule has 0 bridgehead atoms. The normalized spacial score (nSPS) is 12.8. The molecule has 2 nitrogen and oxygen atoms in total. The van der Waals surface area contributed by atoms with Gasteiger partial charge in [0.2, 0.25) is 0 Å². The molecule has 0 aromatic heterocycles. The van der Waals surface area contributed by atoms with Crippen molar-refractivity contribution in [3.63, 3.8) is 0 Å². The van der Waals surface area contributed by atoms with Crippen molar-refractivity contribution in [1.29, 1.82) is 0 Å². The Morgan fingerprint density at radius 3 is 2.87 bits per heavy atom. The van der Waals surface area contributed by atoms with Crippen molar-refractivity contribution in [1.82, 2.24) is 0 Å². The van der Waals surface area contributed by atoms with Crippen molar-refractivity contribution >= 4 is 27.5 Å². The molecule has 1 aromatic carbocycles. The third-order valence-corrected chi connectivity index (χ3v) is 2.93. The SMILES string of the molecule is CCCOCC(N)c1ccc(Cl)cc1Br. The first-order valence-corrected chi connectivity index (χ1v) is 6.10. The van der Waals surface area contributed by atoms with E-state index < -0.39 is 0 Å². The Morgan fingerprint density at radius 1 is 1.53 bits per heavy atom. The third kappa shape index (κ3) is 4.11. The van der Waals surface area contributed by atoms with E-state index in [1.807, 2.05) is 18.2 Å². The molecule has 0 heterocycles. The molecule has 0 saturated carbocycles. The lowest BCUT2D eigenvalue weighted by molar-refractivity contribution is 0.121. The van der Waals surface area contributed by atoms with Crippen LogP contribution in [-0.4, -0.2) is 13.2 Å². The molecule has 2 N–H and O–H groups in total.